The number of carbonyl (C=O) groups excluding carboxylic acids is 2. The fourth-order valence-electron chi connectivity index (χ4n) is 2.89. The van der Waals surface area contributed by atoms with Crippen LogP contribution in [0.15, 0.2) is 0 Å². The molecule has 0 saturated carbocycles. The Morgan fingerprint density at radius 3 is 2.64 bits per heavy atom. The van der Waals surface area contributed by atoms with Gasteiger partial charge in [-0.1, -0.05) is 0 Å². The minimum atomic E-state index is -3.71. The van der Waals surface area contributed by atoms with Gasteiger partial charge in [-0.3, -0.25) is 14.4 Å². The average molecular weight is 377 g/mol. The smallest absolute Gasteiger partial charge is 0.318 e. The van der Waals surface area contributed by atoms with Gasteiger partial charge in [0.05, 0.1) is 25.5 Å². The molecular weight excluding hydrogens is 354 g/mol. The van der Waals surface area contributed by atoms with E-state index in [0.717, 1.165) is 17.0 Å². The zero-order valence-electron chi connectivity index (χ0n) is 14.1. The van der Waals surface area contributed by atoms with E-state index in [0.29, 0.717) is 19.5 Å². The molecule has 2 heterocycles. The highest BCUT2D eigenvalue weighted by molar-refractivity contribution is 7.88. The van der Waals surface area contributed by atoms with Crippen LogP contribution in [0.3, 0.4) is 0 Å². The summed E-state index contributed by atoms with van der Waals surface area (Å²) in [5.74, 6) is -1.52. The lowest BCUT2D eigenvalue weighted by Crippen LogP contribution is -2.53. The van der Waals surface area contributed by atoms with Crippen LogP contribution in [0.5, 0.6) is 0 Å². The summed E-state index contributed by atoms with van der Waals surface area (Å²) in [5.41, 5.74) is 0. The number of aliphatic carboxylic acids is 1. The molecule has 2 fully saturated rings. The van der Waals surface area contributed by atoms with E-state index in [4.69, 9.17) is 9.84 Å². The molecule has 10 nitrogen and oxygen atoms in total. The molecule has 25 heavy (non-hydrogen) atoms. The van der Waals surface area contributed by atoms with Crippen LogP contribution in [0.4, 0.5) is 0 Å². The molecule has 2 aliphatic heterocycles. The number of carboxylic acids is 1. The highest BCUT2D eigenvalue weighted by atomic mass is 32.2. The maximum Gasteiger partial charge on any atom is 0.318 e. The maximum atomic E-state index is 12.4. The van der Waals surface area contributed by atoms with Gasteiger partial charge in [0.2, 0.25) is 21.8 Å². The molecule has 0 bridgehead atoms. The van der Waals surface area contributed by atoms with Crippen molar-refractivity contribution in [3.05, 3.63) is 0 Å². The maximum absolute atomic E-state index is 12.4. The molecule has 2 amide bonds. The van der Waals surface area contributed by atoms with Crippen LogP contribution in [-0.4, -0.2) is 104 Å². The van der Waals surface area contributed by atoms with Gasteiger partial charge in [0.15, 0.2) is 0 Å². The van der Waals surface area contributed by atoms with Crippen molar-refractivity contribution in [2.75, 3.05) is 52.1 Å². The Kier molecular flexibility index (Phi) is 6.36. The zero-order chi connectivity index (χ0) is 18.6. The predicted molar refractivity (Wildman–Crippen MR) is 86.2 cm³/mol. The second-order valence-corrected chi connectivity index (χ2v) is 8.18. The van der Waals surface area contributed by atoms with E-state index in [9.17, 15) is 22.8 Å². The lowest BCUT2D eigenvalue weighted by atomic mass is 10.2. The van der Waals surface area contributed by atoms with Gasteiger partial charge in [-0.25, -0.2) is 8.42 Å². The Bertz CT molecular complexity index is 636. The van der Waals surface area contributed by atoms with Gasteiger partial charge < -0.3 is 19.6 Å². The highest BCUT2D eigenvalue weighted by Crippen LogP contribution is 2.13. The van der Waals surface area contributed by atoms with Crippen molar-refractivity contribution >= 4 is 27.8 Å². The predicted octanol–water partition coefficient (Wildman–Crippen LogP) is -1.82. The quantitative estimate of drug-likeness (QED) is 0.554. The third-order valence-corrected chi connectivity index (χ3v) is 5.39. The molecule has 0 radical (unpaired) electrons. The minimum absolute atomic E-state index is 0.0104. The molecule has 2 rings (SSSR count). The van der Waals surface area contributed by atoms with Crippen molar-refractivity contribution in [1.29, 1.82) is 0 Å². The van der Waals surface area contributed by atoms with Crippen molar-refractivity contribution in [3.8, 4) is 0 Å². The average Bonchev–Trinajstić information content (AvgIpc) is 2.91. The molecular formula is C14H23N3O7S. The number of nitrogens with zero attached hydrogens (tertiary/aromatic N) is 3. The lowest BCUT2D eigenvalue weighted by Gasteiger charge is -2.35. The van der Waals surface area contributed by atoms with Crippen LogP contribution >= 0.6 is 0 Å². The zero-order valence-corrected chi connectivity index (χ0v) is 14.9. The number of carboxylic acid groups (broad SMARTS) is 1. The molecule has 2 saturated heterocycles. The first-order valence-corrected chi connectivity index (χ1v) is 9.85. The second kappa shape index (κ2) is 8.11. The van der Waals surface area contributed by atoms with Crippen molar-refractivity contribution in [3.63, 3.8) is 0 Å². The Morgan fingerprint density at radius 2 is 2.08 bits per heavy atom. The molecule has 0 aromatic carbocycles. The first kappa shape index (κ1) is 19.6. The lowest BCUT2D eigenvalue weighted by molar-refractivity contribution is -0.144. The Labute approximate surface area is 146 Å². The fourth-order valence-corrected chi connectivity index (χ4v) is 3.67. The van der Waals surface area contributed by atoms with E-state index in [-0.39, 0.29) is 38.1 Å². The topological polar surface area (TPSA) is 125 Å². The number of likely N-dealkylation sites (tertiary alicyclic amines) is 1. The summed E-state index contributed by atoms with van der Waals surface area (Å²) in [7, 11) is -3.71. The van der Waals surface area contributed by atoms with E-state index in [1.54, 1.807) is 0 Å². The SMILES string of the molecule is CS(=O)(=O)N(CC(=O)O)C[C@@H]1CN(C(=O)CN2CCCC2=O)CCO1. The van der Waals surface area contributed by atoms with Gasteiger partial charge in [0.25, 0.3) is 0 Å². The summed E-state index contributed by atoms with van der Waals surface area (Å²) in [4.78, 5) is 37.9. The largest absolute Gasteiger partial charge is 0.480 e. The number of amides is 2. The van der Waals surface area contributed by atoms with Crippen LogP contribution in [-0.2, 0) is 29.1 Å². The molecule has 0 unspecified atom stereocenters. The number of rotatable bonds is 7. The Morgan fingerprint density at radius 1 is 1.36 bits per heavy atom. The number of hydrogen-bond acceptors (Lipinski definition) is 6. The summed E-state index contributed by atoms with van der Waals surface area (Å²) in [5, 5.41) is 8.85. The molecule has 1 N–H and O–H groups in total. The van der Waals surface area contributed by atoms with E-state index >= 15 is 0 Å². The van der Waals surface area contributed by atoms with Crippen LogP contribution < -0.4 is 0 Å². The number of carbonyl (C=O) groups is 3. The second-order valence-electron chi connectivity index (χ2n) is 6.20. The number of sulfonamides is 1. The summed E-state index contributed by atoms with van der Waals surface area (Å²) in [6, 6.07) is 0. The highest BCUT2D eigenvalue weighted by Gasteiger charge is 2.31. The first-order valence-electron chi connectivity index (χ1n) is 8.01. The van der Waals surface area contributed by atoms with Gasteiger partial charge in [-0.15, -0.1) is 0 Å². The van der Waals surface area contributed by atoms with Gasteiger partial charge in [0.1, 0.15) is 6.54 Å². The fraction of sp³-hybridized carbons (Fsp3) is 0.786. The third-order valence-electron chi connectivity index (χ3n) is 4.18. The van der Waals surface area contributed by atoms with Crippen molar-refractivity contribution < 1.29 is 32.6 Å². The van der Waals surface area contributed by atoms with Crippen molar-refractivity contribution in [2.45, 2.75) is 18.9 Å². The molecule has 0 aliphatic carbocycles. The van der Waals surface area contributed by atoms with Crippen molar-refractivity contribution in [2.24, 2.45) is 0 Å². The van der Waals surface area contributed by atoms with Crippen LogP contribution in [0.1, 0.15) is 12.8 Å². The molecule has 0 spiro atoms. The molecule has 1 atom stereocenters. The standard InChI is InChI=1S/C14H23N3O7S/c1-25(22,23)17(10-14(20)21)8-11-7-16(5-6-24-11)13(19)9-15-4-2-3-12(15)18/h11H,2-10H2,1H3,(H,20,21)/t11-/m0/s1. The Balaban J connectivity index is 1.93. The summed E-state index contributed by atoms with van der Waals surface area (Å²) >= 11 is 0. The molecule has 0 aromatic rings. The Hall–Kier alpha value is -1.72. The molecule has 2 aliphatic rings. The van der Waals surface area contributed by atoms with E-state index in [1.165, 1.54) is 9.80 Å². The van der Waals surface area contributed by atoms with E-state index in [1.807, 2.05) is 0 Å². The van der Waals surface area contributed by atoms with Crippen LogP contribution in [0.25, 0.3) is 0 Å². The minimum Gasteiger partial charge on any atom is -0.480 e. The first-order chi connectivity index (χ1) is 11.7. The summed E-state index contributed by atoms with van der Waals surface area (Å²) in [6.45, 7) is 0.526. The third kappa shape index (κ3) is 5.65. The van der Waals surface area contributed by atoms with Gasteiger partial charge in [0, 0.05) is 32.6 Å². The number of morpholine rings is 1. The summed E-state index contributed by atoms with van der Waals surface area (Å²) < 4.78 is 29.7. The van der Waals surface area contributed by atoms with Crippen molar-refractivity contribution in [1.82, 2.24) is 14.1 Å². The molecule has 142 valence electrons. The van der Waals surface area contributed by atoms with Gasteiger partial charge >= 0.3 is 5.97 Å². The molecule has 0 aromatic heterocycles. The van der Waals surface area contributed by atoms with Crippen LogP contribution in [0, 0.1) is 0 Å². The number of ether oxygens (including phenoxy) is 1. The van der Waals surface area contributed by atoms with Gasteiger partial charge in [-0.2, -0.15) is 4.31 Å². The number of hydrogen-bond donors (Lipinski definition) is 1. The van der Waals surface area contributed by atoms with Gasteiger partial charge in [-0.05, 0) is 6.42 Å². The monoisotopic (exact) mass is 377 g/mol. The molecule has 11 heteroatoms. The normalized spacial score (nSPS) is 21.8. The van der Waals surface area contributed by atoms with E-state index < -0.39 is 28.6 Å². The van der Waals surface area contributed by atoms with Crippen LogP contribution in [0.2, 0.25) is 0 Å². The van der Waals surface area contributed by atoms with E-state index in [2.05, 4.69) is 0 Å². The summed E-state index contributed by atoms with van der Waals surface area (Å²) in [6.07, 6.45) is 1.52.